The predicted molar refractivity (Wildman–Crippen MR) is 251 cm³/mol. The zero-order valence-electron chi connectivity index (χ0n) is 31.7. The summed E-state index contributed by atoms with van der Waals surface area (Å²) in [6.45, 7) is 0. The van der Waals surface area contributed by atoms with E-state index in [1.54, 1.807) is 0 Å². The van der Waals surface area contributed by atoms with Gasteiger partial charge in [0.25, 0.3) is 0 Å². The van der Waals surface area contributed by atoms with Gasteiger partial charge in [0.15, 0.2) is 0 Å². The van der Waals surface area contributed by atoms with Gasteiger partial charge in [-0.25, -0.2) is 0 Å². The van der Waals surface area contributed by atoms with E-state index in [9.17, 15) is 0 Å². The number of rotatable bonds is 7. The average molecular weight is 756 g/mol. The fourth-order valence-electron chi connectivity index (χ4n) is 8.55. The van der Waals surface area contributed by atoms with E-state index in [4.69, 9.17) is 0 Å². The highest BCUT2D eigenvalue weighted by atomic mass is 32.1. The second kappa shape index (κ2) is 14.4. The lowest BCUT2D eigenvalue weighted by atomic mass is 9.98. The molecule has 0 N–H and O–H groups in total. The molecule has 0 atom stereocenters. The molecule has 58 heavy (non-hydrogen) atoms. The minimum absolute atomic E-state index is 1.10. The number of fused-ring (bicyclic) bond motifs is 7. The summed E-state index contributed by atoms with van der Waals surface area (Å²) in [6, 6.07) is 81.7. The molecule has 1 aromatic heterocycles. The molecule has 0 unspecified atom stereocenters. The largest absolute Gasteiger partial charge is 0.310 e. The lowest BCUT2D eigenvalue weighted by Gasteiger charge is -2.26. The second-order valence-corrected chi connectivity index (χ2v) is 15.9. The first-order valence-corrected chi connectivity index (χ1v) is 20.6. The highest BCUT2D eigenvalue weighted by molar-refractivity contribution is 7.27. The maximum atomic E-state index is 2.38. The number of thiophene rings is 1. The molecule has 2 heteroatoms. The summed E-state index contributed by atoms with van der Waals surface area (Å²) in [5, 5.41) is 7.83. The van der Waals surface area contributed by atoms with Crippen molar-refractivity contribution < 1.29 is 0 Å². The van der Waals surface area contributed by atoms with E-state index < -0.39 is 0 Å². The van der Waals surface area contributed by atoms with Gasteiger partial charge in [-0.05, 0) is 97.1 Å². The van der Waals surface area contributed by atoms with Gasteiger partial charge in [0.05, 0.1) is 0 Å². The molecule has 0 bridgehead atoms. The summed E-state index contributed by atoms with van der Waals surface area (Å²) < 4.78 is 2.67. The van der Waals surface area contributed by atoms with Crippen LogP contribution >= 0.6 is 11.3 Å². The van der Waals surface area contributed by atoms with Gasteiger partial charge in [-0.1, -0.05) is 188 Å². The second-order valence-electron chi connectivity index (χ2n) is 14.9. The number of hydrogen-bond acceptors (Lipinski definition) is 2. The van der Waals surface area contributed by atoms with Crippen molar-refractivity contribution in [3.8, 4) is 44.5 Å². The smallest absolute Gasteiger partial charge is 0.0467 e. The van der Waals surface area contributed by atoms with Gasteiger partial charge >= 0.3 is 0 Å². The monoisotopic (exact) mass is 755 g/mol. The maximum Gasteiger partial charge on any atom is 0.0467 e. The normalized spacial score (nSPS) is 11.4. The Morgan fingerprint density at radius 1 is 0.276 bits per heavy atom. The average Bonchev–Trinajstić information content (AvgIpc) is 3.69. The molecule has 0 amide bonds. The number of nitrogens with zero attached hydrogens (tertiary/aromatic N) is 1. The van der Waals surface area contributed by atoms with Crippen molar-refractivity contribution in [3.63, 3.8) is 0 Å². The SMILES string of the molecule is c1ccc(-c2ccc(-c3ccc(N(c4ccc(-c5ccccc5)cc4)c4cccc(-c5cccc6c5sc5c6ccc6ccc7ccccc7c65)c4)cc3)cc2)cc1. The number of benzene rings is 10. The van der Waals surface area contributed by atoms with E-state index in [2.05, 4.69) is 229 Å². The molecule has 0 aliphatic rings. The highest BCUT2D eigenvalue weighted by Gasteiger charge is 2.18. The minimum Gasteiger partial charge on any atom is -0.310 e. The van der Waals surface area contributed by atoms with Gasteiger partial charge in [0.2, 0.25) is 0 Å². The molecule has 0 aliphatic heterocycles. The molecule has 0 aliphatic carbocycles. The molecule has 1 heterocycles. The molecule has 10 aromatic carbocycles. The van der Waals surface area contributed by atoms with Crippen molar-refractivity contribution in [1.82, 2.24) is 0 Å². The maximum absolute atomic E-state index is 2.38. The molecule has 0 saturated carbocycles. The van der Waals surface area contributed by atoms with E-state index in [-0.39, 0.29) is 0 Å². The van der Waals surface area contributed by atoms with Crippen LogP contribution in [0.1, 0.15) is 0 Å². The van der Waals surface area contributed by atoms with Gasteiger partial charge in [-0.3, -0.25) is 0 Å². The quantitative estimate of drug-likeness (QED) is 0.146. The Balaban J connectivity index is 1.01. The van der Waals surface area contributed by atoms with Crippen molar-refractivity contribution >= 4 is 70.1 Å². The first kappa shape index (κ1) is 34.0. The third-order valence-corrected chi connectivity index (χ3v) is 12.7. The Morgan fingerprint density at radius 2 is 0.741 bits per heavy atom. The number of hydrogen-bond donors (Lipinski definition) is 0. The summed E-state index contributed by atoms with van der Waals surface area (Å²) >= 11 is 1.92. The van der Waals surface area contributed by atoms with Crippen LogP contribution in [0.25, 0.3) is 86.2 Å². The van der Waals surface area contributed by atoms with Gasteiger partial charge in [-0.15, -0.1) is 11.3 Å². The molecule has 0 saturated heterocycles. The van der Waals surface area contributed by atoms with Crippen LogP contribution in [-0.2, 0) is 0 Å². The van der Waals surface area contributed by atoms with Gasteiger partial charge in [0.1, 0.15) is 0 Å². The van der Waals surface area contributed by atoms with Crippen LogP contribution in [0, 0.1) is 0 Å². The zero-order valence-corrected chi connectivity index (χ0v) is 32.5. The van der Waals surface area contributed by atoms with E-state index in [1.165, 1.54) is 86.2 Å². The zero-order chi connectivity index (χ0) is 38.4. The van der Waals surface area contributed by atoms with Crippen molar-refractivity contribution in [2.45, 2.75) is 0 Å². The molecule has 272 valence electrons. The standard InChI is InChI=1S/C56H37NS/c1-3-11-38(12-4-1)40-21-23-41(24-22-40)43-29-34-48(35-30-43)57(47-32-27-42(28-33-47)39-13-5-2-6-14-39)49-17-9-16-46(37-49)51-19-10-20-52-53-36-31-45-26-25-44-15-7-8-18-50(44)54(45)56(53)58-55(51)52/h1-37H. The van der Waals surface area contributed by atoms with E-state index in [0.717, 1.165) is 17.1 Å². The van der Waals surface area contributed by atoms with Gasteiger partial charge in [0, 0.05) is 42.6 Å². The van der Waals surface area contributed by atoms with Crippen molar-refractivity contribution in [3.05, 3.63) is 224 Å². The number of anilines is 3. The Labute approximate surface area is 342 Å². The van der Waals surface area contributed by atoms with Crippen LogP contribution in [0.4, 0.5) is 17.1 Å². The van der Waals surface area contributed by atoms with Crippen LogP contribution in [0.15, 0.2) is 224 Å². The Morgan fingerprint density at radius 3 is 1.38 bits per heavy atom. The molecule has 0 spiro atoms. The molecule has 0 radical (unpaired) electrons. The summed E-state index contributed by atoms with van der Waals surface area (Å²) in [7, 11) is 0. The highest BCUT2D eigenvalue weighted by Crippen LogP contribution is 2.46. The molecule has 11 aromatic rings. The fourth-order valence-corrected chi connectivity index (χ4v) is 9.96. The summed E-state index contributed by atoms with van der Waals surface area (Å²) in [4.78, 5) is 2.38. The molecular weight excluding hydrogens is 719 g/mol. The van der Waals surface area contributed by atoms with Gasteiger partial charge in [-0.2, -0.15) is 0 Å². The Hall–Kier alpha value is -7.26. The first-order chi connectivity index (χ1) is 28.7. The van der Waals surface area contributed by atoms with Crippen LogP contribution in [0.2, 0.25) is 0 Å². The minimum atomic E-state index is 1.10. The van der Waals surface area contributed by atoms with Gasteiger partial charge < -0.3 is 4.90 Å². The lowest BCUT2D eigenvalue weighted by Crippen LogP contribution is -2.10. The molecular formula is C56H37NS. The van der Waals surface area contributed by atoms with E-state index >= 15 is 0 Å². The van der Waals surface area contributed by atoms with E-state index in [1.807, 2.05) is 11.3 Å². The Bertz CT molecular complexity index is 3240. The first-order valence-electron chi connectivity index (χ1n) is 19.8. The van der Waals surface area contributed by atoms with E-state index in [0.29, 0.717) is 0 Å². The predicted octanol–water partition coefficient (Wildman–Crippen LogP) is 16.5. The molecule has 0 fully saturated rings. The van der Waals surface area contributed by atoms with Crippen LogP contribution in [0.3, 0.4) is 0 Å². The third-order valence-electron chi connectivity index (χ3n) is 11.5. The summed E-state index contributed by atoms with van der Waals surface area (Å²) in [5.41, 5.74) is 13.0. The lowest BCUT2D eigenvalue weighted by molar-refractivity contribution is 1.28. The van der Waals surface area contributed by atoms with Crippen molar-refractivity contribution in [1.29, 1.82) is 0 Å². The molecule has 11 rings (SSSR count). The fraction of sp³-hybridized carbons (Fsp3) is 0. The van der Waals surface area contributed by atoms with Crippen LogP contribution < -0.4 is 4.90 Å². The van der Waals surface area contributed by atoms with Crippen LogP contribution in [0.5, 0.6) is 0 Å². The van der Waals surface area contributed by atoms with Crippen molar-refractivity contribution in [2.24, 2.45) is 0 Å². The Kier molecular flexibility index (Phi) is 8.42. The topological polar surface area (TPSA) is 3.24 Å². The summed E-state index contributed by atoms with van der Waals surface area (Å²) in [5.74, 6) is 0. The van der Waals surface area contributed by atoms with Crippen LogP contribution in [-0.4, -0.2) is 0 Å². The third kappa shape index (κ3) is 6.03. The molecule has 1 nitrogen and oxygen atoms in total. The summed E-state index contributed by atoms with van der Waals surface area (Å²) in [6.07, 6.45) is 0. The van der Waals surface area contributed by atoms with Crippen molar-refractivity contribution in [2.75, 3.05) is 4.90 Å².